The van der Waals surface area contributed by atoms with Gasteiger partial charge < -0.3 is 14.3 Å². The Morgan fingerprint density at radius 2 is 2.07 bits per heavy atom. The maximum absolute atomic E-state index is 13.3. The van der Waals surface area contributed by atoms with Gasteiger partial charge in [-0.1, -0.05) is 12.1 Å². The van der Waals surface area contributed by atoms with E-state index in [2.05, 4.69) is 4.98 Å². The van der Waals surface area contributed by atoms with E-state index in [1.807, 2.05) is 60.4 Å². The van der Waals surface area contributed by atoms with Crippen LogP contribution in [-0.4, -0.2) is 27.3 Å². The number of para-hydroxylation sites is 2. The molecule has 136 valence electrons. The predicted molar refractivity (Wildman–Crippen MR) is 105 cm³/mol. The summed E-state index contributed by atoms with van der Waals surface area (Å²) in [4.78, 5) is 23.4. The van der Waals surface area contributed by atoms with Crippen molar-refractivity contribution in [1.82, 2.24) is 14.9 Å². The molecule has 0 saturated carbocycles. The van der Waals surface area contributed by atoms with Gasteiger partial charge in [0.05, 0.1) is 17.1 Å². The summed E-state index contributed by atoms with van der Waals surface area (Å²) in [6.45, 7) is 2.67. The van der Waals surface area contributed by atoms with Crippen molar-refractivity contribution in [2.24, 2.45) is 0 Å². The van der Waals surface area contributed by atoms with E-state index >= 15 is 0 Å². The highest BCUT2D eigenvalue weighted by Crippen LogP contribution is 2.32. The van der Waals surface area contributed by atoms with Crippen molar-refractivity contribution in [3.8, 4) is 0 Å². The van der Waals surface area contributed by atoms with Crippen molar-refractivity contribution in [1.29, 1.82) is 0 Å². The number of rotatable bonds is 2. The second-order valence-corrected chi connectivity index (χ2v) is 7.26. The third kappa shape index (κ3) is 2.79. The van der Waals surface area contributed by atoms with E-state index in [0.29, 0.717) is 5.56 Å². The normalized spacial score (nSPS) is 17.7. The summed E-state index contributed by atoms with van der Waals surface area (Å²) in [5.74, 6) is 1.79. The monoisotopic (exact) mass is 359 g/mol. The summed E-state index contributed by atoms with van der Waals surface area (Å²) in [6.07, 6.45) is 3.06. The lowest BCUT2D eigenvalue weighted by molar-refractivity contribution is 0.0601. The number of fused-ring (bicyclic) bond motifs is 2. The minimum absolute atomic E-state index is 0.0135. The lowest BCUT2D eigenvalue weighted by Gasteiger charge is -2.34. The van der Waals surface area contributed by atoms with E-state index in [1.165, 1.54) is 0 Å². The number of benzene rings is 2. The minimum Gasteiger partial charge on any atom is -0.461 e. The van der Waals surface area contributed by atoms with Crippen LogP contribution < -0.4 is 0 Å². The van der Waals surface area contributed by atoms with Crippen LogP contribution in [0.1, 0.15) is 47.2 Å². The molecule has 2 aromatic carbocycles. The third-order valence-electron chi connectivity index (χ3n) is 5.37. The second kappa shape index (κ2) is 6.27. The quantitative estimate of drug-likeness (QED) is 0.549. The molecule has 1 saturated heterocycles. The molecule has 27 heavy (non-hydrogen) atoms. The van der Waals surface area contributed by atoms with Crippen LogP contribution in [0, 0.1) is 6.92 Å². The average molecular weight is 359 g/mol. The molecular formula is C22H21N3O2. The molecule has 1 fully saturated rings. The van der Waals surface area contributed by atoms with Crippen LogP contribution in [0.4, 0.5) is 0 Å². The molecule has 5 nitrogen and oxygen atoms in total. The van der Waals surface area contributed by atoms with Crippen molar-refractivity contribution in [2.45, 2.75) is 32.2 Å². The highest BCUT2D eigenvalue weighted by atomic mass is 16.3. The highest BCUT2D eigenvalue weighted by molar-refractivity contribution is 5.98. The van der Waals surface area contributed by atoms with Crippen LogP contribution in [0.25, 0.3) is 22.0 Å². The zero-order valence-corrected chi connectivity index (χ0v) is 15.2. The fourth-order valence-corrected chi connectivity index (χ4v) is 4.06. The number of likely N-dealkylation sites (tertiary alicyclic amines) is 1. The topological polar surface area (TPSA) is 62.1 Å². The first-order valence-corrected chi connectivity index (χ1v) is 9.45. The van der Waals surface area contributed by atoms with E-state index in [9.17, 15) is 4.79 Å². The molecule has 1 atom stereocenters. The molecule has 1 aliphatic rings. The van der Waals surface area contributed by atoms with E-state index in [-0.39, 0.29) is 11.9 Å². The number of piperidine rings is 1. The molecule has 5 heteroatoms. The van der Waals surface area contributed by atoms with E-state index in [0.717, 1.165) is 59.4 Å². The first-order valence-electron chi connectivity index (χ1n) is 9.45. The molecule has 0 aliphatic carbocycles. The minimum atomic E-state index is -0.0135. The molecule has 0 bridgehead atoms. The second-order valence-electron chi connectivity index (χ2n) is 7.26. The van der Waals surface area contributed by atoms with Gasteiger partial charge in [-0.25, -0.2) is 4.98 Å². The number of aryl methyl sites for hydroxylation is 1. The molecule has 1 aliphatic heterocycles. The van der Waals surface area contributed by atoms with E-state index < -0.39 is 0 Å². The smallest absolute Gasteiger partial charge is 0.254 e. The van der Waals surface area contributed by atoms with Crippen LogP contribution >= 0.6 is 0 Å². The van der Waals surface area contributed by atoms with Gasteiger partial charge in [0.2, 0.25) is 0 Å². The highest BCUT2D eigenvalue weighted by Gasteiger charge is 2.31. The van der Waals surface area contributed by atoms with Crippen molar-refractivity contribution >= 4 is 27.9 Å². The SMILES string of the molecule is Cc1cc2cc(C(=O)N3CCCC[C@H]3c3nc4ccccc4[nH]3)ccc2o1. The molecular weight excluding hydrogens is 338 g/mol. The molecule has 1 amide bonds. The van der Waals surface area contributed by atoms with Gasteiger partial charge in [0.25, 0.3) is 5.91 Å². The van der Waals surface area contributed by atoms with Gasteiger partial charge in [0, 0.05) is 17.5 Å². The van der Waals surface area contributed by atoms with Gasteiger partial charge in [-0.15, -0.1) is 0 Å². The number of carbonyl (C=O) groups is 1. The molecule has 4 aromatic rings. The Kier molecular flexibility index (Phi) is 3.74. The van der Waals surface area contributed by atoms with E-state index in [1.54, 1.807) is 0 Å². The summed E-state index contributed by atoms with van der Waals surface area (Å²) in [5.41, 5.74) is 3.48. The number of hydrogen-bond donors (Lipinski definition) is 1. The largest absolute Gasteiger partial charge is 0.461 e. The Hall–Kier alpha value is -3.08. The van der Waals surface area contributed by atoms with Crippen molar-refractivity contribution in [2.75, 3.05) is 6.54 Å². The number of imidazole rings is 1. The predicted octanol–water partition coefficient (Wildman–Crippen LogP) is 4.98. The Bertz CT molecular complexity index is 1110. The lowest BCUT2D eigenvalue weighted by atomic mass is 10.00. The van der Waals surface area contributed by atoms with Crippen LogP contribution in [0.2, 0.25) is 0 Å². The number of nitrogens with zero attached hydrogens (tertiary/aromatic N) is 2. The van der Waals surface area contributed by atoms with Gasteiger partial charge in [0.15, 0.2) is 0 Å². The zero-order valence-electron chi connectivity index (χ0n) is 15.2. The van der Waals surface area contributed by atoms with Gasteiger partial charge in [-0.05, 0) is 62.6 Å². The Morgan fingerprint density at radius 1 is 1.19 bits per heavy atom. The maximum atomic E-state index is 13.3. The van der Waals surface area contributed by atoms with Crippen LogP contribution in [0.5, 0.6) is 0 Å². The van der Waals surface area contributed by atoms with E-state index in [4.69, 9.17) is 9.40 Å². The summed E-state index contributed by atoms with van der Waals surface area (Å²) in [6, 6.07) is 15.6. The molecule has 3 heterocycles. The van der Waals surface area contributed by atoms with Gasteiger partial charge >= 0.3 is 0 Å². The summed E-state index contributed by atoms with van der Waals surface area (Å²) in [5, 5.41) is 0.968. The van der Waals surface area contributed by atoms with Crippen LogP contribution in [0.3, 0.4) is 0 Å². The maximum Gasteiger partial charge on any atom is 0.254 e. The zero-order chi connectivity index (χ0) is 18.4. The molecule has 0 spiro atoms. The Balaban J connectivity index is 1.50. The molecule has 0 unspecified atom stereocenters. The van der Waals surface area contributed by atoms with Crippen LogP contribution in [-0.2, 0) is 0 Å². The van der Waals surface area contributed by atoms with Gasteiger partial charge in [-0.2, -0.15) is 0 Å². The molecule has 1 N–H and O–H groups in total. The first kappa shape index (κ1) is 16.1. The summed E-state index contributed by atoms with van der Waals surface area (Å²) in [7, 11) is 0. The number of carbonyl (C=O) groups excluding carboxylic acids is 1. The lowest BCUT2D eigenvalue weighted by Crippen LogP contribution is -2.39. The van der Waals surface area contributed by atoms with Crippen molar-refractivity contribution < 1.29 is 9.21 Å². The number of H-pyrrole nitrogens is 1. The van der Waals surface area contributed by atoms with Crippen molar-refractivity contribution in [3.05, 3.63) is 65.7 Å². The van der Waals surface area contributed by atoms with Gasteiger partial charge in [0.1, 0.15) is 17.2 Å². The number of amides is 1. The Labute approximate surface area is 157 Å². The molecule has 0 radical (unpaired) electrons. The first-order chi connectivity index (χ1) is 13.2. The number of nitrogens with one attached hydrogen (secondary N) is 1. The number of aromatic amines is 1. The van der Waals surface area contributed by atoms with Gasteiger partial charge in [-0.3, -0.25) is 4.79 Å². The third-order valence-corrected chi connectivity index (χ3v) is 5.37. The van der Waals surface area contributed by atoms with Crippen molar-refractivity contribution in [3.63, 3.8) is 0 Å². The molecule has 2 aromatic heterocycles. The fourth-order valence-electron chi connectivity index (χ4n) is 4.06. The average Bonchev–Trinajstić information content (AvgIpc) is 3.29. The standard InChI is InChI=1S/C22H21N3O2/c1-14-12-16-13-15(9-10-20(16)27-14)22(26)25-11-5-4-8-19(25)21-23-17-6-2-3-7-18(17)24-21/h2-3,6-7,9-10,12-13,19H,4-5,8,11H2,1H3,(H,23,24)/t19-/m0/s1. The summed E-state index contributed by atoms with van der Waals surface area (Å²) >= 11 is 0. The number of furan rings is 1. The summed E-state index contributed by atoms with van der Waals surface area (Å²) < 4.78 is 5.63. The number of aromatic nitrogens is 2. The fraction of sp³-hybridized carbons (Fsp3) is 0.273. The molecule has 5 rings (SSSR count). The Morgan fingerprint density at radius 3 is 2.96 bits per heavy atom. The van der Waals surface area contributed by atoms with Crippen LogP contribution in [0.15, 0.2) is 52.9 Å². The number of hydrogen-bond acceptors (Lipinski definition) is 3.